The van der Waals surface area contributed by atoms with Crippen molar-refractivity contribution >= 4 is 0 Å². The molecule has 1 fully saturated rings. The van der Waals surface area contributed by atoms with Crippen molar-refractivity contribution < 1.29 is 9.47 Å². The van der Waals surface area contributed by atoms with Gasteiger partial charge in [-0.1, -0.05) is 12.1 Å². The van der Waals surface area contributed by atoms with Gasteiger partial charge in [-0.3, -0.25) is 0 Å². The fraction of sp³-hybridized carbons (Fsp3) is 0.625. The standard InChI is InChI=1S/C16H25NO2/c1-12-8-9-14(16(11-12)18-2)15(17)7-3-5-13-6-4-10-19-13/h8-9,11,13,15H,3-7,10,17H2,1-2H3. The molecule has 106 valence electrons. The molecule has 2 N–H and O–H groups in total. The van der Waals surface area contributed by atoms with E-state index in [0.717, 1.165) is 37.2 Å². The molecule has 1 aliphatic heterocycles. The molecule has 1 aliphatic rings. The highest BCUT2D eigenvalue weighted by molar-refractivity contribution is 5.39. The van der Waals surface area contributed by atoms with E-state index in [0.29, 0.717) is 6.10 Å². The molecular weight excluding hydrogens is 238 g/mol. The van der Waals surface area contributed by atoms with E-state index in [1.165, 1.54) is 18.4 Å². The van der Waals surface area contributed by atoms with Gasteiger partial charge in [-0.05, 0) is 50.7 Å². The zero-order valence-electron chi connectivity index (χ0n) is 12.0. The summed E-state index contributed by atoms with van der Waals surface area (Å²) in [5.41, 5.74) is 8.60. The Balaban J connectivity index is 1.86. The summed E-state index contributed by atoms with van der Waals surface area (Å²) >= 11 is 0. The lowest BCUT2D eigenvalue weighted by Gasteiger charge is -2.17. The van der Waals surface area contributed by atoms with Gasteiger partial charge in [0.15, 0.2) is 0 Å². The fourth-order valence-corrected chi connectivity index (χ4v) is 2.72. The van der Waals surface area contributed by atoms with Crippen molar-refractivity contribution in [3.63, 3.8) is 0 Å². The third-order valence-electron chi connectivity index (χ3n) is 3.85. The Morgan fingerprint density at radius 1 is 1.47 bits per heavy atom. The van der Waals surface area contributed by atoms with Gasteiger partial charge in [-0.2, -0.15) is 0 Å². The predicted octanol–water partition coefficient (Wildman–Crippen LogP) is 3.35. The quantitative estimate of drug-likeness (QED) is 0.856. The van der Waals surface area contributed by atoms with Gasteiger partial charge in [0.05, 0.1) is 13.2 Å². The number of ether oxygens (including phenoxy) is 2. The van der Waals surface area contributed by atoms with Gasteiger partial charge >= 0.3 is 0 Å². The lowest BCUT2D eigenvalue weighted by Crippen LogP contribution is -2.13. The molecule has 0 aliphatic carbocycles. The van der Waals surface area contributed by atoms with Gasteiger partial charge in [0.1, 0.15) is 5.75 Å². The Kier molecular flexibility index (Phi) is 5.23. The molecule has 3 heteroatoms. The molecule has 2 unspecified atom stereocenters. The van der Waals surface area contributed by atoms with Crippen LogP contribution in [0.3, 0.4) is 0 Å². The maximum absolute atomic E-state index is 6.29. The molecule has 1 aromatic carbocycles. The first kappa shape index (κ1) is 14.4. The summed E-state index contributed by atoms with van der Waals surface area (Å²) in [5.74, 6) is 0.907. The average Bonchev–Trinajstić information content (AvgIpc) is 2.91. The molecule has 2 atom stereocenters. The Morgan fingerprint density at radius 3 is 3.00 bits per heavy atom. The molecule has 0 spiro atoms. The van der Waals surface area contributed by atoms with Gasteiger partial charge in [-0.15, -0.1) is 0 Å². The normalized spacial score (nSPS) is 20.5. The van der Waals surface area contributed by atoms with Crippen molar-refractivity contribution in [3.8, 4) is 5.75 Å². The third kappa shape index (κ3) is 3.95. The van der Waals surface area contributed by atoms with Gasteiger partial charge in [0, 0.05) is 18.2 Å². The first-order valence-electron chi connectivity index (χ1n) is 7.22. The van der Waals surface area contributed by atoms with Crippen LogP contribution in [0.5, 0.6) is 5.75 Å². The summed E-state index contributed by atoms with van der Waals surface area (Å²) in [6.45, 7) is 3.00. The van der Waals surface area contributed by atoms with E-state index in [4.69, 9.17) is 15.2 Å². The van der Waals surface area contributed by atoms with Gasteiger partial charge in [-0.25, -0.2) is 0 Å². The minimum absolute atomic E-state index is 0.0527. The van der Waals surface area contributed by atoms with Crippen LogP contribution in [0.1, 0.15) is 49.3 Å². The van der Waals surface area contributed by atoms with Crippen LogP contribution in [0.25, 0.3) is 0 Å². The molecule has 0 amide bonds. The third-order valence-corrected chi connectivity index (χ3v) is 3.85. The molecule has 3 nitrogen and oxygen atoms in total. The van der Waals surface area contributed by atoms with Gasteiger partial charge < -0.3 is 15.2 Å². The molecule has 1 aromatic rings. The number of rotatable bonds is 6. The van der Waals surface area contributed by atoms with Crippen molar-refractivity contribution in [2.24, 2.45) is 5.73 Å². The lowest BCUT2D eigenvalue weighted by atomic mass is 9.98. The second-order valence-electron chi connectivity index (χ2n) is 5.42. The minimum Gasteiger partial charge on any atom is -0.496 e. The van der Waals surface area contributed by atoms with E-state index in [9.17, 15) is 0 Å². The Morgan fingerprint density at radius 2 is 2.32 bits per heavy atom. The molecule has 1 saturated heterocycles. The van der Waals surface area contributed by atoms with Crippen LogP contribution >= 0.6 is 0 Å². The van der Waals surface area contributed by atoms with Gasteiger partial charge in [0.25, 0.3) is 0 Å². The van der Waals surface area contributed by atoms with Crippen LogP contribution in [0.4, 0.5) is 0 Å². The number of nitrogens with two attached hydrogens (primary N) is 1. The highest BCUT2D eigenvalue weighted by Gasteiger charge is 2.17. The molecular formula is C16H25NO2. The second-order valence-corrected chi connectivity index (χ2v) is 5.42. The second kappa shape index (κ2) is 6.92. The van der Waals surface area contributed by atoms with Crippen LogP contribution in [-0.4, -0.2) is 19.8 Å². The number of hydrogen-bond acceptors (Lipinski definition) is 3. The van der Waals surface area contributed by atoms with Gasteiger partial charge in [0.2, 0.25) is 0 Å². The maximum atomic E-state index is 6.29. The van der Waals surface area contributed by atoms with Crippen molar-refractivity contribution in [1.82, 2.24) is 0 Å². The molecule has 2 rings (SSSR count). The minimum atomic E-state index is 0.0527. The van der Waals surface area contributed by atoms with Crippen LogP contribution in [0, 0.1) is 6.92 Å². The number of hydrogen-bond donors (Lipinski definition) is 1. The van der Waals surface area contributed by atoms with E-state index >= 15 is 0 Å². The Hall–Kier alpha value is -1.06. The zero-order valence-corrected chi connectivity index (χ0v) is 12.0. The summed E-state index contributed by atoms with van der Waals surface area (Å²) in [6.07, 6.45) is 6.11. The largest absolute Gasteiger partial charge is 0.496 e. The number of benzene rings is 1. The summed E-state index contributed by atoms with van der Waals surface area (Å²) in [4.78, 5) is 0. The number of methoxy groups -OCH3 is 1. The molecule has 0 radical (unpaired) electrons. The zero-order chi connectivity index (χ0) is 13.7. The first-order chi connectivity index (χ1) is 9.20. The SMILES string of the molecule is COc1cc(C)ccc1C(N)CCCC1CCCO1. The van der Waals surface area contributed by atoms with E-state index < -0.39 is 0 Å². The van der Waals surface area contributed by atoms with E-state index in [1.807, 2.05) is 0 Å². The molecule has 1 heterocycles. The monoisotopic (exact) mass is 263 g/mol. The van der Waals surface area contributed by atoms with Crippen molar-refractivity contribution in [1.29, 1.82) is 0 Å². The molecule has 0 saturated carbocycles. The smallest absolute Gasteiger partial charge is 0.123 e. The fourth-order valence-electron chi connectivity index (χ4n) is 2.72. The first-order valence-corrected chi connectivity index (χ1v) is 7.22. The van der Waals surface area contributed by atoms with Crippen LogP contribution in [0.15, 0.2) is 18.2 Å². The van der Waals surface area contributed by atoms with E-state index in [-0.39, 0.29) is 6.04 Å². The number of aryl methyl sites for hydroxylation is 1. The lowest BCUT2D eigenvalue weighted by molar-refractivity contribution is 0.101. The Bertz CT molecular complexity index is 400. The highest BCUT2D eigenvalue weighted by Crippen LogP contribution is 2.28. The Labute approximate surface area is 116 Å². The van der Waals surface area contributed by atoms with Crippen LogP contribution < -0.4 is 10.5 Å². The van der Waals surface area contributed by atoms with Crippen LogP contribution in [0.2, 0.25) is 0 Å². The van der Waals surface area contributed by atoms with Crippen molar-refractivity contribution in [2.45, 2.75) is 51.2 Å². The predicted molar refractivity (Wildman–Crippen MR) is 77.5 cm³/mol. The topological polar surface area (TPSA) is 44.5 Å². The molecule has 0 aromatic heterocycles. The highest BCUT2D eigenvalue weighted by atomic mass is 16.5. The summed E-state index contributed by atoms with van der Waals surface area (Å²) in [6, 6.07) is 6.29. The maximum Gasteiger partial charge on any atom is 0.123 e. The summed E-state index contributed by atoms with van der Waals surface area (Å²) in [5, 5.41) is 0. The van der Waals surface area contributed by atoms with E-state index in [1.54, 1.807) is 7.11 Å². The van der Waals surface area contributed by atoms with E-state index in [2.05, 4.69) is 25.1 Å². The van der Waals surface area contributed by atoms with Crippen molar-refractivity contribution in [3.05, 3.63) is 29.3 Å². The summed E-state index contributed by atoms with van der Waals surface area (Å²) in [7, 11) is 1.71. The summed E-state index contributed by atoms with van der Waals surface area (Å²) < 4.78 is 11.1. The van der Waals surface area contributed by atoms with Crippen molar-refractivity contribution in [2.75, 3.05) is 13.7 Å². The average molecular weight is 263 g/mol. The molecule has 0 bridgehead atoms. The molecule has 19 heavy (non-hydrogen) atoms. The van der Waals surface area contributed by atoms with Crippen LogP contribution in [-0.2, 0) is 4.74 Å².